The molecule has 1 N–H and O–H groups in total. The Kier molecular flexibility index (Phi) is 9.28. The van der Waals surface area contributed by atoms with Crippen molar-refractivity contribution in [2.45, 2.75) is 11.5 Å². The predicted octanol–water partition coefficient (Wildman–Crippen LogP) is 4.53. The quantitative estimate of drug-likeness (QED) is 0.149. The molecule has 0 saturated heterocycles. The smallest absolute Gasteiger partial charge is 0.269 e. The van der Waals surface area contributed by atoms with E-state index in [9.17, 15) is 23.3 Å². The second-order valence-electron chi connectivity index (χ2n) is 8.60. The van der Waals surface area contributed by atoms with Gasteiger partial charge in [0.15, 0.2) is 0 Å². The first kappa shape index (κ1) is 28.8. The van der Waals surface area contributed by atoms with Gasteiger partial charge >= 0.3 is 0 Å². The summed E-state index contributed by atoms with van der Waals surface area (Å²) in [6, 6.07) is 27.1. The summed E-state index contributed by atoms with van der Waals surface area (Å²) in [4.78, 5) is 23.1. The fraction of sp³-hybridized carbons (Fsp3) is 0.103. The number of nitro benzene ring substituents is 1. The first-order valence-corrected chi connectivity index (χ1v) is 13.7. The van der Waals surface area contributed by atoms with Crippen LogP contribution in [0.5, 0.6) is 11.5 Å². The van der Waals surface area contributed by atoms with Gasteiger partial charge in [-0.05, 0) is 83.9 Å². The number of non-ortho nitro benzene ring substituents is 1. The number of hydrazone groups is 1. The second-order valence-corrected chi connectivity index (χ2v) is 10.5. The number of hydrogen-bond acceptors (Lipinski definition) is 8. The van der Waals surface area contributed by atoms with Crippen LogP contribution in [0.3, 0.4) is 0 Å². The highest BCUT2D eigenvalue weighted by atomic mass is 32.2. The van der Waals surface area contributed by atoms with Crippen molar-refractivity contribution in [3.63, 3.8) is 0 Å². The Labute approximate surface area is 236 Å². The number of anilines is 1. The van der Waals surface area contributed by atoms with Crippen molar-refractivity contribution in [2.75, 3.05) is 18.0 Å². The van der Waals surface area contributed by atoms with Gasteiger partial charge in [0.25, 0.3) is 21.6 Å². The Morgan fingerprint density at radius 2 is 1.56 bits per heavy atom. The number of sulfonamides is 1. The Morgan fingerprint density at radius 3 is 2.17 bits per heavy atom. The summed E-state index contributed by atoms with van der Waals surface area (Å²) in [5.41, 5.74) is 4.11. The van der Waals surface area contributed by atoms with Gasteiger partial charge < -0.3 is 9.47 Å². The third-order valence-corrected chi connectivity index (χ3v) is 7.60. The number of amides is 1. The van der Waals surface area contributed by atoms with E-state index in [1.807, 2.05) is 0 Å². The van der Waals surface area contributed by atoms with Crippen molar-refractivity contribution in [3.05, 3.63) is 124 Å². The lowest BCUT2D eigenvalue weighted by Gasteiger charge is -2.23. The lowest BCUT2D eigenvalue weighted by molar-refractivity contribution is -0.384. The Balaban J connectivity index is 1.37. The summed E-state index contributed by atoms with van der Waals surface area (Å²) in [6.07, 6.45) is 1.42. The number of nitro groups is 1. The molecular formula is C29H26N4O7S. The Morgan fingerprint density at radius 1 is 0.927 bits per heavy atom. The van der Waals surface area contributed by atoms with Crippen LogP contribution < -0.4 is 19.2 Å². The van der Waals surface area contributed by atoms with Crippen LogP contribution in [0.25, 0.3) is 0 Å². The molecule has 0 saturated carbocycles. The monoisotopic (exact) mass is 574 g/mol. The minimum absolute atomic E-state index is 0.00994. The maximum atomic E-state index is 13.4. The van der Waals surface area contributed by atoms with Gasteiger partial charge in [-0.25, -0.2) is 13.8 Å². The van der Waals surface area contributed by atoms with Crippen LogP contribution in [0.1, 0.15) is 11.1 Å². The van der Waals surface area contributed by atoms with Crippen molar-refractivity contribution in [1.29, 1.82) is 0 Å². The average Bonchev–Trinajstić information content (AvgIpc) is 3.00. The number of nitrogens with one attached hydrogen (secondary N) is 1. The SMILES string of the molecule is COc1ccc(N(CC(=O)N/N=C\c2ccc(OCc3ccc([N+](=O)[O-])cc3)cc2)S(=O)(=O)c2ccccc2)cc1. The lowest BCUT2D eigenvalue weighted by Crippen LogP contribution is -2.39. The van der Waals surface area contributed by atoms with Gasteiger partial charge in [0.1, 0.15) is 24.7 Å². The molecule has 0 aliphatic carbocycles. The van der Waals surface area contributed by atoms with E-state index < -0.39 is 27.4 Å². The summed E-state index contributed by atoms with van der Waals surface area (Å²) in [7, 11) is -2.54. The summed E-state index contributed by atoms with van der Waals surface area (Å²) in [5.74, 6) is 0.480. The zero-order valence-electron chi connectivity index (χ0n) is 21.9. The van der Waals surface area contributed by atoms with Crippen LogP contribution in [0.2, 0.25) is 0 Å². The van der Waals surface area contributed by atoms with Crippen molar-refractivity contribution in [2.24, 2.45) is 5.10 Å². The van der Waals surface area contributed by atoms with Gasteiger partial charge in [-0.2, -0.15) is 5.10 Å². The van der Waals surface area contributed by atoms with E-state index >= 15 is 0 Å². The number of rotatable bonds is 12. The largest absolute Gasteiger partial charge is 0.497 e. The first-order valence-electron chi connectivity index (χ1n) is 12.3. The van der Waals surface area contributed by atoms with Crippen molar-refractivity contribution >= 4 is 33.5 Å². The molecule has 0 heterocycles. The third-order valence-electron chi connectivity index (χ3n) is 5.81. The molecule has 12 heteroatoms. The van der Waals surface area contributed by atoms with Crippen molar-refractivity contribution in [3.8, 4) is 11.5 Å². The molecule has 0 spiro atoms. The number of carbonyl (C=O) groups is 1. The predicted molar refractivity (Wildman–Crippen MR) is 154 cm³/mol. The molecule has 0 aliphatic rings. The highest BCUT2D eigenvalue weighted by Gasteiger charge is 2.27. The number of carbonyl (C=O) groups excluding carboxylic acids is 1. The fourth-order valence-corrected chi connectivity index (χ4v) is 5.10. The van der Waals surface area contributed by atoms with E-state index in [1.165, 1.54) is 37.6 Å². The lowest BCUT2D eigenvalue weighted by atomic mass is 10.2. The van der Waals surface area contributed by atoms with E-state index in [4.69, 9.17) is 9.47 Å². The van der Waals surface area contributed by atoms with Gasteiger partial charge in [0.2, 0.25) is 0 Å². The molecule has 4 rings (SSSR count). The second kappa shape index (κ2) is 13.2. The van der Waals surface area contributed by atoms with Crippen LogP contribution in [0.4, 0.5) is 11.4 Å². The molecule has 1 amide bonds. The maximum absolute atomic E-state index is 13.4. The molecule has 4 aromatic carbocycles. The van der Waals surface area contributed by atoms with Crippen LogP contribution in [-0.4, -0.2) is 39.1 Å². The molecule has 0 unspecified atom stereocenters. The number of ether oxygens (including phenoxy) is 2. The molecule has 0 fully saturated rings. The highest BCUT2D eigenvalue weighted by Crippen LogP contribution is 2.25. The molecule has 41 heavy (non-hydrogen) atoms. The first-order chi connectivity index (χ1) is 19.8. The van der Waals surface area contributed by atoms with E-state index in [0.29, 0.717) is 17.1 Å². The molecule has 11 nitrogen and oxygen atoms in total. The number of nitrogens with zero attached hydrogens (tertiary/aromatic N) is 3. The molecule has 4 aromatic rings. The van der Waals surface area contributed by atoms with Crippen LogP contribution in [0.15, 0.2) is 113 Å². The van der Waals surface area contributed by atoms with Gasteiger partial charge in [-0.15, -0.1) is 0 Å². The molecule has 0 bridgehead atoms. The summed E-state index contributed by atoms with van der Waals surface area (Å²) >= 11 is 0. The minimum Gasteiger partial charge on any atom is -0.497 e. The van der Waals surface area contributed by atoms with E-state index in [1.54, 1.807) is 78.9 Å². The molecule has 0 atom stereocenters. The molecule has 0 aromatic heterocycles. The van der Waals surface area contributed by atoms with Crippen LogP contribution in [0, 0.1) is 10.1 Å². The summed E-state index contributed by atoms with van der Waals surface area (Å²) < 4.78 is 38.6. The normalized spacial score (nSPS) is 11.1. The van der Waals surface area contributed by atoms with Crippen molar-refractivity contribution < 1.29 is 27.6 Å². The van der Waals surface area contributed by atoms with Crippen molar-refractivity contribution in [1.82, 2.24) is 5.43 Å². The third kappa shape index (κ3) is 7.67. The summed E-state index contributed by atoms with van der Waals surface area (Å²) in [6.45, 7) is -0.269. The van der Waals surface area contributed by atoms with Gasteiger partial charge in [-0.3, -0.25) is 19.2 Å². The Bertz CT molecular complexity index is 1610. The molecule has 210 valence electrons. The van der Waals surface area contributed by atoms with Gasteiger partial charge in [0, 0.05) is 12.1 Å². The zero-order valence-corrected chi connectivity index (χ0v) is 22.7. The number of benzene rings is 4. The van der Waals surface area contributed by atoms with E-state index in [0.717, 1.165) is 9.87 Å². The van der Waals surface area contributed by atoms with Gasteiger partial charge in [-0.1, -0.05) is 18.2 Å². The number of hydrogen-bond donors (Lipinski definition) is 1. The molecule has 0 radical (unpaired) electrons. The Hall–Kier alpha value is -5.23. The standard InChI is InChI=1S/C29H26N4O7S/c1-39-26-17-13-24(14-18-26)32(41(37,38)28-5-3-2-4-6-28)20-29(34)31-30-19-22-9-15-27(16-10-22)40-21-23-7-11-25(12-8-23)33(35)36/h2-19H,20-21H2,1H3,(H,31,34)/b30-19-. The van der Waals surface area contributed by atoms with Crippen LogP contribution >= 0.6 is 0 Å². The van der Waals surface area contributed by atoms with E-state index in [-0.39, 0.29) is 22.9 Å². The van der Waals surface area contributed by atoms with Crippen LogP contribution in [-0.2, 0) is 21.4 Å². The minimum atomic E-state index is -4.05. The fourth-order valence-electron chi connectivity index (χ4n) is 3.66. The zero-order chi connectivity index (χ0) is 29.2. The molecule has 0 aliphatic heterocycles. The molecular weight excluding hydrogens is 548 g/mol. The maximum Gasteiger partial charge on any atom is 0.269 e. The summed E-state index contributed by atoms with van der Waals surface area (Å²) in [5, 5.41) is 14.7. The highest BCUT2D eigenvalue weighted by molar-refractivity contribution is 7.92. The topological polar surface area (TPSA) is 140 Å². The van der Waals surface area contributed by atoms with Gasteiger partial charge in [0.05, 0.1) is 28.8 Å². The average molecular weight is 575 g/mol. The number of methoxy groups -OCH3 is 1. The van der Waals surface area contributed by atoms with E-state index in [2.05, 4.69) is 10.5 Å².